The summed E-state index contributed by atoms with van der Waals surface area (Å²) in [5, 5.41) is 16.9. The second kappa shape index (κ2) is 12.9. The highest BCUT2D eigenvalue weighted by Gasteiger charge is 2.33. The Bertz CT molecular complexity index is 666. The molecule has 0 aromatic carbocycles. The third-order valence-corrected chi connectivity index (χ3v) is 7.85. The molecule has 0 saturated heterocycles. The highest BCUT2D eigenvalue weighted by molar-refractivity contribution is 5.69. The van der Waals surface area contributed by atoms with Gasteiger partial charge in [-0.1, -0.05) is 55.4 Å². The molecule has 0 amide bonds. The molecule has 0 rings (SSSR count). The SMILES string of the molecule is C[C@H](NC(C)(C)C)C(C)(C)CCC(C)(C)CNCC(C)(C)CCC(C)(C)CN(CC(=O)O)C(C)(C)C. The van der Waals surface area contributed by atoms with E-state index in [1.807, 2.05) is 0 Å². The summed E-state index contributed by atoms with van der Waals surface area (Å²) >= 11 is 0. The van der Waals surface area contributed by atoms with Crippen LogP contribution in [0.2, 0.25) is 0 Å². The first-order valence-electron chi connectivity index (χ1n) is 14.2. The lowest BCUT2D eigenvalue weighted by Gasteiger charge is -2.41. The second-order valence-corrected chi connectivity index (χ2v) is 16.6. The minimum Gasteiger partial charge on any atom is -0.480 e. The molecule has 0 saturated carbocycles. The Balaban J connectivity index is 4.77. The summed E-state index contributed by atoms with van der Waals surface area (Å²) in [6.07, 6.45) is 4.58. The first kappa shape index (κ1) is 35.4. The van der Waals surface area contributed by atoms with Crippen LogP contribution in [0.15, 0.2) is 0 Å². The molecule has 1 atom stereocenters. The molecule has 5 heteroatoms. The van der Waals surface area contributed by atoms with Gasteiger partial charge in [0.05, 0.1) is 6.54 Å². The van der Waals surface area contributed by atoms with E-state index in [1.54, 1.807) is 0 Å². The Morgan fingerprint density at radius 2 is 1.14 bits per heavy atom. The van der Waals surface area contributed by atoms with Crippen molar-refractivity contribution in [2.75, 3.05) is 26.2 Å². The number of aliphatic carboxylic acids is 1. The lowest BCUT2D eigenvalue weighted by atomic mass is 9.74. The minimum atomic E-state index is -0.754. The van der Waals surface area contributed by atoms with Crippen molar-refractivity contribution in [1.29, 1.82) is 0 Å². The number of carbonyl (C=O) groups is 1. The van der Waals surface area contributed by atoms with Crippen LogP contribution < -0.4 is 10.6 Å². The zero-order valence-corrected chi connectivity index (χ0v) is 27.0. The minimum absolute atomic E-state index is 0.0582. The quantitative estimate of drug-likeness (QED) is 0.204. The van der Waals surface area contributed by atoms with E-state index in [9.17, 15) is 9.90 Å². The van der Waals surface area contributed by atoms with Crippen molar-refractivity contribution in [1.82, 2.24) is 15.5 Å². The molecular formula is C31H65N3O2. The molecule has 0 aliphatic rings. The monoisotopic (exact) mass is 512 g/mol. The molecule has 216 valence electrons. The fraction of sp³-hybridized carbons (Fsp3) is 0.968. The molecule has 0 aromatic heterocycles. The molecule has 0 aliphatic heterocycles. The predicted octanol–water partition coefficient (Wildman–Crippen LogP) is 7.20. The van der Waals surface area contributed by atoms with Crippen LogP contribution in [0.1, 0.15) is 130 Å². The van der Waals surface area contributed by atoms with Crippen molar-refractivity contribution in [3.8, 4) is 0 Å². The Labute approximate surface area is 226 Å². The van der Waals surface area contributed by atoms with Crippen LogP contribution in [0.3, 0.4) is 0 Å². The van der Waals surface area contributed by atoms with Gasteiger partial charge in [-0.2, -0.15) is 0 Å². The van der Waals surface area contributed by atoms with Gasteiger partial charge in [0, 0.05) is 36.8 Å². The van der Waals surface area contributed by atoms with Gasteiger partial charge in [-0.15, -0.1) is 0 Å². The number of carboxylic acid groups (broad SMARTS) is 1. The van der Waals surface area contributed by atoms with E-state index in [2.05, 4.69) is 119 Å². The van der Waals surface area contributed by atoms with Gasteiger partial charge in [0.15, 0.2) is 0 Å². The molecule has 0 aromatic rings. The van der Waals surface area contributed by atoms with Crippen LogP contribution in [0.5, 0.6) is 0 Å². The van der Waals surface area contributed by atoms with Gasteiger partial charge in [0.2, 0.25) is 0 Å². The molecule has 0 aliphatic carbocycles. The van der Waals surface area contributed by atoms with E-state index in [4.69, 9.17) is 0 Å². The van der Waals surface area contributed by atoms with Crippen LogP contribution in [0.4, 0.5) is 0 Å². The lowest BCUT2D eigenvalue weighted by Crippen LogP contribution is -2.49. The topological polar surface area (TPSA) is 64.6 Å². The fourth-order valence-corrected chi connectivity index (χ4v) is 4.60. The van der Waals surface area contributed by atoms with Gasteiger partial charge in [0.25, 0.3) is 0 Å². The predicted molar refractivity (Wildman–Crippen MR) is 158 cm³/mol. The van der Waals surface area contributed by atoms with Crippen LogP contribution in [-0.4, -0.2) is 59.3 Å². The van der Waals surface area contributed by atoms with Gasteiger partial charge in [-0.3, -0.25) is 9.69 Å². The van der Waals surface area contributed by atoms with Crippen molar-refractivity contribution in [2.24, 2.45) is 21.7 Å². The molecule has 0 spiro atoms. The third-order valence-electron chi connectivity index (χ3n) is 7.85. The van der Waals surface area contributed by atoms with Gasteiger partial charge >= 0.3 is 5.97 Å². The lowest BCUT2D eigenvalue weighted by molar-refractivity contribution is -0.140. The third kappa shape index (κ3) is 15.6. The summed E-state index contributed by atoms with van der Waals surface area (Å²) in [5.74, 6) is -0.754. The average Bonchev–Trinajstić information content (AvgIpc) is 2.62. The van der Waals surface area contributed by atoms with Gasteiger partial charge in [0.1, 0.15) is 0 Å². The average molecular weight is 512 g/mol. The van der Waals surface area contributed by atoms with Gasteiger partial charge < -0.3 is 15.7 Å². The van der Waals surface area contributed by atoms with Crippen molar-refractivity contribution in [3.63, 3.8) is 0 Å². The largest absolute Gasteiger partial charge is 0.480 e. The second-order valence-electron chi connectivity index (χ2n) is 16.6. The molecule has 0 fully saturated rings. The van der Waals surface area contributed by atoms with E-state index in [-0.39, 0.29) is 39.3 Å². The first-order valence-corrected chi connectivity index (χ1v) is 14.2. The van der Waals surface area contributed by atoms with E-state index < -0.39 is 5.97 Å². The zero-order valence-electron chi connectivity index (χ0n) is 27.0. The maximum Gasteiger partial charge on any atom is 0.317 e. The molecule has 3 N–H and O–H groups in total. The number of hydrogen-bond donors (Lipinski definition) is 3. The van der Waals surface area contributed by atoms with E-state index in [0.717, 1.165) is 32.5 Å². The number of carboxylic acids is 1. The van der Waals surface area contributed by atoms with Crippen molar-refractivity contribution in [2.45, 2.75) is 147 Å². The molecule has 0 bridgehead atoms. The van der Waals surface area contributed by atoms with E-state index in [1.165, 1.54) is 12.8 Å². The maximum absolute atomic E-state index is 11.4. The van der Waals surface area contributed by atoms with Crippen LogP contribution in [-0.2, 0) is 4.79 Å². The highest BCUT2D eigenvalue weighted by Crippen LogP contribution is 2.35. The van der Waals surface area contributed by atoms with Crippen molar-refractivity contribution < 1.29 is 9.90 Å². The number of hydrogen-bond acceptors (Lipinski definition) is 4. The van der Waals surface area contributed by atoms with Crippen molar-refractivity contribution >= 4 is 5.97 Å². The summed E-state index contributed by atoms with van der Waals surface area (Å²) < 4.78 is 0. The van der Waals surface area contributed by atoms with Gasteiger partial charge in [-0.05, 0) is 95.8 Å². The van der Waals surface area contributed by atoms with Crippen LogP contribution in [0.25, 0.3) is 0 Å². The number of nitrogens with zero attached hydrogens (tertiary/aromatic N) is 1. The number of nitrogens with one attached hydrogen (secondary N) is 2. The summed E-state index contributed by atoms with van der Waals surface area (Å²) in [5.41, 5.74) is 0.720. The Morgan fingerprint density at radius 3 is 1.53 bits per heavy atom. The fourth-order valence-electron chi connectivity index (χ4n) is 4.60. The molecular weight excluding hydrogens is 446 g/mol. The molecule has 36 heavy (non-hydrogen) atoms. The van der Waals surface area contributed by atoms with E-state index >= 15 is 0 Å². The molecule has 0 unspecified atom stereocenters. The molecule has 5 nitrogen and oxygen atoms in total. The summed E-state index contributed by atoms with van der Waals surface area (Å²) in [7, 11) is 0. The summed E-state index contributed by atoms with van der Waals surface area (Å²) in [6, 6.07) is 0.466. The summed E-state index contributed by atoms with van der Waals surface area (Å²) in [6.45, 7) is 37.1. The highest BCUT2D eigenvalue weighted by atomic mass is 16.4. The standard InChI is InChI=1S/C31H65N3O2/c1-24(33-26(2,3)4)31(14,15)19-18-29(10,11)22-32-21-28(8,9)16-17-30(12,13)23-34(20-25(35)36)27(5,6)7/h24,32-33H,16-23H2,1-15H3,(H,35,36)/t24-/m0/s1. The summed E-state index contributed by atoms with van der Waals surface area (Å²) in [4.78, 5) is 13.5. The maximum atomic E-state index is 11.4. The van der Waals surface area contributed by atoms with Crippen LogP contribution >= 0.6 is 0 Å². The van der Waals surface area contributed by atoms with Crippen molar-refractivity contribution in [3.05, 3.63) is 0 Å². The Hall–Kier alpha value is -0.650. The smallest absolute Gasteiger partial charge is 0.317 e. The molecule has 0 heterocycles. The Kier molecular flexibility index (Phi) is 12.7. The zero-order chi connectivity index (χ0) is 28.8. The van der Waals surface area contributed by atoms with Gasteiger partial charge in [-0.25, -0.2) is 0 Å². The number of rotatable bonds is 16. The first-order chi connectivity index (χ1) is 15.8. The molecule has 0 radical (unpaired) electrons. The van der Waals surface area contributed by atoms with Crippen LogP contribution in [0, 0.1) is 21.7 Å². The van der Waals surface area contributed by atoms with E-state index in [0.29, 0.717) is 6.04 Å². The normalized spacial score (nSPS) is 15.4. The Morgan fingerprint density at radius 1 is 0.722 bits per heavy atom.